The van der Waals surface area contributed by atoms with Crippen molar-refractivity contribution < 1.29 is 4.42 Å². The number of hydrogen-bond acceptors (Lipinski definition) is 2. The molecule has 0 atom stereocenters. The van der Waals surface area contributed by atoms with Crippen LogP contribution in [0.5, 0.6) is 0 Å². The van der Waals surface area contributed by atoms with Gasteiger partial charge in [0.1, 0.15) is 11.2 Å². The van der Waals surface area contributed by atoms with Gasteiger partial charge in [0, 0.05) is 33.3 Å². The number of anilines is 3. The highest BCUT2D eigenvalue weighted by Gasteiger charge is 2.46. The molecule has 69 heavy (non-hydrogen) atoms. The number of fused-ring (bicyclic) bond motifs is 10. The molecule has 0 saturated carbocycles. The number of furan rings is 1. The van der Waals surface area contributed by atoms with Gasteiger partial charge < -0.3 is 9.32 Å². The van der Waals surface area contributed by atoms with E-state index >= 15 is 0 Å². The summed E-state index contributed by atoms with van der Waals surface area (Å²) in [6, 6.07) is 95.7. The fourth-order valence-electron chi connectivity index (χ4n) is 11.7. The average molecular weight is 878 g/mol. The predicted octanol–water partition coefficient (Wildman–Crippen LogP) is 18.2. The second kappa shape index (κ2) is 15.6. The second-order valence-electron chi connectivity index (χ2n) is 18.3. The lowest BCUT2D eigenvalue weighted by molar-refractivity contribution is 0.670. The van der Waals surface area contributed by atoms with Crippen LogP contribution >= 0.6 is 0 Å². The van der Waals surface area contributed by atoms with Crippen molar-refractivity contribution in [1.82, 2.24) is 0 Å². The molecule has 0 bridgehead atoms. The van der Waals surface area contributed by atoms with E-state index < -0.39 is 5.41 Å². The van der Waals surface area contributed by atoms with E-state index in [9.17, 15) is 0 Å². The lowest BCUT2D eigenvalue weighted by Gasteiger charge is -2.35. The number of benzene rings is 12. The van der Waals surface area contributed by atoms with Gasteiger partial charge in [-0.1, -0.05) is 212 Å². The largest absolute Gasteiger partial charge is 0.455 e. The van der Waals surface area contributed by atoms with Crippen LogP contribution in [0, 0.1) is 0 Å². The third kappa shape index (κ3) is 5.99. The molecular formula is C67H43NO. The lowest BCUT2D eigenvalue weighted by atomic mass is 9.67. The van der Waals surface area contributed by atoms with Crippen molar-refractivity contribution in [1.29, 1.82) is 0 Å². The summed E-state index contributed by atoms with van der Waals surface area (Å²) in [4.78, 5) is 2.46. The molecule has 14 rings (SSSR count). The zero-order valence-electron chi connectivity index (χ0n) is 37.7. The predicted molar refractivity (Wildman–Crippen MR) is 289 cm³/mol. The van der Waals surface area contributed by atoms with Crippen LogP contribution in [0.2, 0.25) is 0 Å². The molecule has 0 radical (unpaired) electrons. The quantitative estimate of drug-likeness (QED) is 0.148. The number of para-hydroxylation sites is 2. The highest BCUT2D eigenvalue weighted by molar-refractivity contribution is 6.15. The van der Waals surface area contributed by atoms with Crippen molar-refractivity contribution in [3.05, 3.63) is 283 Å². The first kappa shape index (κ1) is 39.2. The van der Waals surface area contributed by atoms with Gasteiger partial charge in [-0.3, -0.25) is 0 Å². The minimum Gasteiger partial charge on any atom is -0.455 e. The summed E-state index contributed by atoms with van der Waals surface area (Å²) in [7, 11) is 0. The number of hydrogen-bond donors (Lipinski definition) is 0. The van der Waals surface area contributed by atoms with E-state index in [0.29, 0.717) is 0 Å². The maximum atomic E-state index is 6.93. The molecule has 0 saturated heterocycles. The molecule has 0 unspecified atom stereocenters. The minimum atomic E-state index is -0.556. The molecule has 0 aliphatic heterocycles. The first-order valence-electron chi connectivity index (χ1n) is 23.8. The second-order valence-corrected chi connectivity index (χ2v) is 18.3. The van der Waals surface area contributed by atoms with Gasteiger partial charge in [0.25, 0.3) is 0 Å². The van der Waals surface area contributed by atoms with E-state index in [0.717, 1.165) is 55.5 Å². The fraction of sp³-hybridized carbons (Fsp3) is 0.0149. The van der Waals surface area contributed by atoms with Crippen LogP contribution in [0.1, 0.15) is 22.3 Å². The molecule has 0 N–H and O–H groups in total. The SMILES string of the molecule is c1ccc(C2(c3ccccc3)c3ccccc3-c3ccc(N(c4ccc(-c5cc6ccccc6c6ccccc56)cc4)c4ccccc4-c4cccc5c4oc4cc6ccccc6cc45)cc32)cc1. The third-order valence-electron chi connectivity index (χ3n) is 14.7. The molecule has 1 aromatic heterocycles. The molecule has 0 spiro atoms. The van der Waals surface area contributed by atoms with E-state index in [1.807, 2.05) is 0 Å². The van der Waals surface area contributed by atoms with Crippen molar-refractivity contribution in [3.63, 3.8) is 0 Å². The van der Waals surface area contributed by atoms with Gasteiger partial charge in [0.05, 0.1) is 11.1 Å². The zero-order chi connectivity index (χ0) is 45.5. The van der Waals surface area contributed by atoms with Gasteiger partial charge >= 0.3 is 0 Å². The lowest BCUT2D eigenvalue weighted by Crippen LogP contribution is -2.28. The summed E-state index contributed by atoms with van der Waals surface area (Å²) in [5.41, 5.74) is 16.4. The average Bonchev–Trinajstić information content (AvgIpc) is 3.94. The molecule has 1 aliphatic carbocycles. The van der Waals surface area contributed by atoms with Crippen molar-refractivity contribution in [2.45, 2.75) is 5.41 Å². The van der Waals surface area contributed by atoms with Crippen LogP contribution in [-0.2, 0) is 5.41 Å². The van der Waals surface area contributed by atoms with Gasteiger partial charge in [-0.25, -0.2) is 0 Å². The summed E-state index contributed by atoms with van der Waals surface area (Å²) in [6.07, 6.45) is 0. The Hall–Kier alpha value is -8.98. The molecule has 2 nitrogen and oxygen atoms in total. The molecular weight excluding hydrogens is 835 g/mol. The zero-order valence-corrected chi connectivity index (χ0v) is 37.7. The first-order valence-corrected chi connectivity index (χ1v) is 23.8. The Morgan fingerprint density at radius 3 is 1.64 bits per heavy atom. The number of rotatable bonds is 7. The molecule has 322 valence electrons. The van der Waals surface area contributed by atoms with Crippen LogP contribution in [-0.4, -0.2) is 0 Å². The highest BCUT2D eigenvalue weighted by atomic mass is 16.3. The molecule has 0 fully saturated rings. The van der Waals surface area contributed by atoms with Gasteiger partial charge in [-0.15, -0.1) is 0 Å². The monoisotopic (exact) mass is 877 g/mol. The van der Waals surface area contributed by atoms with Crippen LogP contribution < -0.4 is 4.90 Å². The van der Waals surface area contributed by atoms with Gasteiger partial charge in [0.2, 0.25) is 0 Å². The van der Waals surface area contributed by atoms with E-state index in [1.165, 1.54) is 71.4 Å². The van der Waals surface area contributed by atoms with E-state index in [1.54, 1.807) is 0 Å². The summed E-state index contributed by atoms with van der Waals surface area (Å²) in [5.74, 6) is 0. The Kier molecular flexibility index (Phi) is 8.84. The van der Waals surface area contributed by atoms with Crippen LogP contribution in [0.4, 0.5) is 17.1 Å². The van der Waals surface area contributed by atoms with Crippen molar-refractivity contribution in [2.24, 2.45) is 0 Å². The molecule has 1 aliphatic rings. The Morgan fingerprint density at radius 1 is 0.304 bits per heavy atom. The minimum absolute atomic E-state index is 0.556. The van der Waals surface area contributed by atoms with E-state index in [-0.39, 0.29) is 0 Å². The van der Waals surface area contributed by atoms with E-state index in [2.05, 4.69) is 266 Å². The van der Waals surface area contributed by atoms with E-state index in [4.69, 9.17) is 4.42 Å². The van der Waals surface area contributed by atoms with Gasteiger partial charge in [-0.05, 0) is 125 Å². The third-order valence-corrected chi connectivity index (χ3v) is 14.7. The Bertz CT molecular complexity index is 4090. The van der Waals surface area contributed by atoms with Crippen molar-refractivity contribution in [3.8, 4) is 33.4 Å². The topological polar surface area (TPSA) is 16.4 Å². The molecule has 13 aromatic rings. The fourth-order valence-corrected chi connectivity index (χ4v) is 11.7. The van der Waals surface area contributed by atoms with Gasteiger partial charge in [0.15, 0.2) is 0 Å². The Morgan fingerprint density at radius 2 is 0.870 bits per heavy atom. The van der Waals surface area contributed by atoms with Crippen LogP contribution in [0.15, 0.2) is 265 Å². The highest BCUT2D eigenvalue weighted by Crippen LogP contribution is 2.57. The van der Waals surface area contributed by atoms with Crippen molar-refractivity contribution in [2.75, 3.05) is 4.90 Å². The normalized spacial score (nSPS) is 12.8. The molecule has 12 aromatic carbocycles. The molecule has 0 amide bonds. The summed E-state index contributed by atoms with van der Waals surface area (Å²) >= 11 is 0. The van der Waals surface area contributed by atoms with Crippen LogP contribution in [0.25, 0.3) is 87.6 Å². The van der Waals surface area contributed by atoms with Crippen LogP contribution in [0.3, 0.4) is 0 Å². The maximum Gasteiger partial charge on any atom is 0.143 e. The summed E-state index contributed by atoms with van der Waals surface area (Å²) in [6.45, 7) is 0. The summed E-state index contributed by atoms with van der Waals surface area (Å²) in [5, 5.41) is 9.60. The Labute approximate surface area is 400 Å². The summed E-state index contributed by atoms with van der Waals surface area (Å²) < 4.78 is 6.93. The Balaban J connectivity index is 1.01. The maximum absolute atomic E-state index is 6.93. The first-order chi connectivity index (χ1) is 34.2. The smallest absolute Gasteiger partial charge is 0.143 e. The molecule has 1 heterocycles. The van der Waals surface area contributed by atoms with Crippen molar-refractivity contribution >= 4 is 71.3 Å². The standard InChI is InChI=1S/C67H43NO/c1-3-21-48(22-4-1)67(49-23-5-2-6-24-49)62-32-15-13-28-55(62)56-39-38-51(43-63(56)67)68(50-36-34-44(35-37-50)60-41-47-20-9-10-25-52(47)53-26-11-12-27-54(53)60)64-33-16-14-29-57(64)58-30-17-31-59-61-40-45-18-7-8-19-46(45)42-65(61)69-66(58)59/h1-43H. The molecule has 2 heteroatoms. The number of nitrogens with zero attached hydrogens (tertiary/aromatic N) is 1. The van der Waals surface area contributed by atoms with Gasteiger partial charge in [-0.2, -0.15) is 0 Å².